The molecule has 2 atom stereocenters. The largest absolute Gasteiger partial charge is 0.361 e. The number of carbonyl (C=O) groups excluding carboxylic acids is 2. The topological polar surface area (TPSA) is 84.2 Å². The van der Waals surface area contributed by atoms with Crippen molar-refractivity contribution < 1.29 is 14.1 Å². The first kappa shape index (κ1) is 16.2. The highest BCUT2D eigenvalue weighted by molar-refractivity contribution is 5.92. The molecule has 2 amide bonds. The van der Waals surface area contributed by atoms with Gasteiger partial charge in [-0.2, -0.15) is 0 Å². The first-order valence-corrected chi connectivity index (χ1v) is 8.20. The van der Waals surface area contributed by atoms with Crippen LogP contribution >= 0.6 is 0 Å². The summed E-state index contributed by atoms with van der Waals surface area (Å²) in [5, 5.41) is 9.75. The molecule has 126 valence electrons. The molecule has 1 aliphatic carbocycles. The predicted octanol–water partition coefficient (Wildman–Crippen LogP) is 2.16. The summed E-state index contributed by atoms with van der Waals surface area (Å²) in [5.74, 6) is 0.296. The second-order valence-electron chi connectivity index (χ2n) is 6.09. The van der Waals surface area contributed by atoms with Crippen LogP contribution in [0.4, 0.5) is 0 Å². The van der Waals surface area contributed by atoms with E-state index in [1.807, 2.05) is 31.2 Å². The molecular formula is C18H21N3O3. The van der Waals surface area contributed by atoms with Crippen LogP contribution in [0.5, 0.6) is 0 Å². The van der Waals surface area contributed by atoms with E-state index in [1.54, 1.807) is 6.07 Å². The Kier molecular flexibility index (Phi) is 4.64. The SMILES string of the molecule is CCCc1cc(C(=O)N[C@@H]2c3ccccc3C[C@H]2NC(C)=O)no1. The minimum absolute atomic E-state index is 0.112. The first-order chi connectivity index (χ1) is 11.6. The van der Waals surface area contributed by atoms with Crippen molar-refractivity contribution in [3.05, 3.63) is 52.9 Å². The van der Waals surface area contributed by atoms with E-state index >= 15 is 0 Å². The van der Waals surface area contributed by atoms with Gasteiger partial charge >= 0.3 is 0 Å². The predicted molar refractivity (Wildman–Crippen MR) is 88.5 cm³/mol. The number of aryl methyl sites for hydroxylation is 1. The molecule has 0 aliphatic heterocycles. The number of amides is 2. The average Bonchev–Trinajstić information content (AvgIpc) is 3.13. The highest BCUT2D eigenvalue weighted by atomic mass is 16.5. The summed E-state index contributed by atoms with van der Waals surface area (Å²) in [5.41, 5.74) is 2.43. The maximum Gasteiger partial charge on any atom is 0.274 e. The van der Waals surface area contributed by atoms with Gasteiger partial charge in [-0.15, -0.1) is 0 Å². The van der Waals surface area contributed by atoms with Crippen LogP contribution in [0.3, 0.4) is 0 Å². The number of carbonyl (C=O) groups is 2. The number of nitrogens with zero attached hydrogens (tertiary/aromatic N) is 1. The van der Waals surface area contributed by atoms with E-state index in [9.17, 15) is 9.59 Å². The van der Waals surface area contributed by atoms with Crippen LogP contribution in [0, 0.1) is 0 Å². The Morgan fingerprint density at radius 2 is 2.08 bits per heavy atom. The van der Waals surface area contributed by atoms with Gasteiger partial charge in [0.05, 0.1) is 12.1 Å². The molecule has 0 bridgehead atoms. The Hall–Kier alpha value is -2.63. The Morgan fingerprint density at radius 1 is 1.29 bits per heavy atom. The number of hydrogen-bond acceptors (Lipinski definition) is 4. The Bertz CT molecular complexity index is 753. The summed E-state index contributed by atoms with van der Waals surface area (Å²) < 4.78 is 5.17. The number of rotatable bonds is 5. The van der Waals surface area contributed by atoms with Gasteiger partial charge in [-0.05, 0) is 24.0 Å². The minimum Gasteiger partial charge on any atom is -0.361 e. The van der Waals surface area contributed by atoms with Gasteiger partial charge < -0.3 is 15.2 Å². The van der Waals surface area contributed by atoms with Crippen LogP contribution in [0.1, 0.15) is 53.7 Å². The molecule has 0 spiro atoms. The molecule has 0 fully saturated rings. The molecule has 1 aromatic heterocycles. The monoisotopic (exact) mass is 327 g/mol. The van der Waals surface area contributed by atoms with Crippen LogP contribution in [-0.4, -0.2) is 23.0 Å². The zero-order valence-corrected chi connectivity index (χ0v) is 13.8. The summed E-state index contributed by atoms with van der Waals surface area (Å²) in [6.07, 6.45) is 2.37. The van der Waals surface area contributed by atoms with Gasteiger partial charge in [0.15, 0.2) is 5.69 Å². The zero-order chi connectivity index (χ0) is 17.1. The van der Waals surface area contributed by atoms with Crippen molar-refractivity contribution in [1.29, 1.82) is 0 Å². The highest BCUT2D eigenvalue weighted by Gasteiger charge is 2.34. The van der Waals surface area contributed by atoms with Gasteiger partial charge in [0.1, 0.15) is 5.76 Å². The maximum absolute atomic E-state index is 12.5. The molecule has 0 saturated carbocycles. The van der Waals surface area contributed by atoms with Gasteiger partial charge in [-0.1, -0.05) is 36.3 Å². The van der Waals surface area contributed by atoms with Crippen LogP contribution in [0.2, 0.25) is 0 Å². The average molecular weight is 327 g/mol. The Labute approximate surface area is 140 Å². The maximum atomic E-state index is 12.5. The minimum atomic E-state index is -0.293. The molecule has 6 nitrogen and oxygen atoms in total. The fourth-order valence-corrected chi connectivity index (χ4v) is 3.17. The van der Waals surface area contributed by atoms with Crippen LogP contribution in [0.15, 0.2) is 34.9 Å². The third-order valence-corrected chi connectivity index (χ3v) is 4.20. The summed E-state index contributed by atoms with van der Waals surface area (Å²) in [7, 11) is 0. The van der Waals surface area contributed by atoms with E-state index < -0.39 is 0 Å². The Morgan fingerprint density at radius 3 is 2.83 bits per heavy atom. The van der Waals surface area contributed by atoms with Crippen LogP contribution in [-0.2, 0) is 17.6 Å². The normalized spacial score (nSPS) is 18.9. The number of benzene rings is 1. The van der Waals surface area contributed by atoms with Crippen LogP contribution < -0.4 is 10.6 Å². The van der Waals surface area contributed by atoms with Crippen molar-refractivity contribution >= 4 is 11.8 Å². The molecular weight excluding hydrogens is 306 g/mol. The molecule has 0 unspecified atom stereocenters. The van der Waals surface area contributed by atoms with Gasteiger partial charge in [0.25, 0.3) is 5.91 Å². The van der Waals surface area contributed by atoms with Crippen molar-refractivity contribution in [1.82, 2.24) is 15.8 Å². The molecule has 2 N–H and O–H groups in total. The van der Waals surface area contributed by atoms with Gasteiger partial charge in [-0.25, -0.2) is 0 Å². The van der Waals surface area contributed by atoms with E-state index in [4.69, 9.17) is 4.52 Å². The molecule has 0 saturated heterocycles. The van der Waals surface area contributed by atoms with E-state index in [-0.39, 0.29) is 29.6 Å². The fourth-order valence-electron chi connectivity index (χ4n) is 3.17. The molecule has 1 aromatic carbocycles. The lowest BCUT2D eigenvalue weighted by atomic mass is 10.1. The standard InChI is InChI=1S/C18H21N3O3/c1-3-6-13-10-16(21-24-13)18(23)20-17-14-8-5-4-7-12(14)9-15(17)19-11(2)22/h4-5,7-8,10,15,17H,3,6,9H2,1-2H3,(H,19,22)(H,20,23)/t15-,17-/m1/s1. The quantitative estimate of drug-likeness (QED) is 0.881. The smallest absolute Gasteiger partial charge is 0.274 e. The molecule has 1 aliphatic rings. The third kappa shape index (κ3) is 3.32. The number of hydrogen-bond donors (Lipinski definition) is 2. The van der Waals surface area contributed by atoms with Gasteiger partial charge in [0, 0.05) is 19.4 Å². The van der Waals surface area contributed by atoms with Crippen molar-refractivity contribution in [2.75, 3.05) is 0 Å². The molecule has 2 aromatic rings. The summed E-state index contributed by atoms with van der Waals surface area (Å²) >= 11 is 0. The molecule has 0 radical (unpaired) electrons. The second kappa shape index (κ2) is 6.86. The van der Waals surface area contributed by atoms with E-state index in [2.05, 4.69) is 15.8 Å². The van der Waals surface area contributed by atoms with Crippen molar-refractivity contribution in [2.24, 2.45) is 0 Å². The fraction of sp³-hybridized carbons (Fsp3) is 0.389. The van der Waals surface area contributed by atoms with Gasteiger partial charge in [0.2, 0.25) is 5.91 Å². The molecule has 24 heavy (non-hydrogen) atoms. The second-order valence-corrected chi connectivity index (χ2v) is 6.09. The van der Waals surface area contributed by atoms with E-state index in [1.165, 1.54) is 6.92 Å². The summed E-state index contributed by atoms with van der Waals surface area (Å²) in [6, 6.07) is 9.13. The lowest BCUT2D eigenvalue weighted by molar-refractivity contribution is -0.119. The third-order valence-electron chi connectivity index (χ3n) is 4.20. The summed E-state index contributed by atoms with van der Waals surface area (Å²) in [6.45, 7) is 3.52. The Balaban J connectivity index is 1.79. The molecule has 3 rings (SSSR count). The number of nitrogens with one attached hydrogen (secondary N) is 2. The zero-order valence-electron chi connectivity index (χ0n) is 13.8. The van der Waals surface area contributed by atoms with Crippen molar-refractivity contribution in [3.8, 4) is 0 Å². The lowest BCUT2D eigenvalue weighted by Gasteiger charge is -2.22. The van der Waals surface area contributed by atoms with Gasteiger partial charge in [-0.3, -0.25) is 9.59 Å². The van der Waals surface area contributed by atoms with Crippen molar-refractivity contribution in [2.45, 2.75) is 45.2 Å². The van der Waals surface area contributed by atoms with E-state index in [0.717, 1.165) is 24.0 Å². The molecule has 1 heterocycles. The first-order valence-electron chi connectivity index (χ1n) is 8.20. The van der Waals surface area contributed by atoms with Crippen molar-refractivity contribution in [3.63, 3.8) is 0 Å². The number of aromatic nitrogens is 1. The highest BCUT2D eigenvalue weighted by Crippen LogP contribution is 2.31. The lowest BCUT2D eigenvalue weighted by Crippen LogP contribution is -2.43. The van der Waals surface area contributed by atoms with E-state index in [0.29, 0.717) is 12.2 Å². The summed E-state index contributed by atoms with van der Waals surface area (Å²) in [4.78, 5) is 24.0. The molecule has 6 heteroatoms. The number of fused-ring (bicyclic) bond motifs is 1. The van der Waals surface area contributed by atoms with Crippen LogP contribution in [0.25, 0.3) is 0 Å².